The van der Waals surface area contributed by atoms with E-state index < -0.39 is 0 Å². The van der Waals surface area contributed by atoms with Crippen molar-refractivity contribution in [2.24, 2.45) is 12.8 Å². The predicted molar refractivity (Wildman–Crippen MR) is 77.8 cm³/mol. The number of hydrogen-bond acceptors (Lipinski definition) is 3. The van der Waals surface area contributed by atoms with Crippen LogP contribution in [0.1, 0.15) is 11.7 Å². The minimum absolute atomic E-state index is 0.0191. The summed E-state index contributed by atoms with van der Waals surface area (Å²) in [6, 6.07) is 5.71. The smallest absolute Gasteiger partial charge is 0.0946 e. The molecule has 18 heavy (non-hydrogen) atoms. The van der Waals surface area contributed by atoms with Crippen molar-refractivity contribution in [2.45, 2.75) is 6.04 Å². The Morgan fingerprint density at radius 1 is 1.56 bits per heavy atom. The van der Waals surface area contributed by atoms with Gasteiger partial charge in [-0.25, -0.2) is 4.98 Å². The van der Waals surface area contributed by atoms with E-state index in [2.05, 4.69) is 26.2 Å². The monoisotopic (exact) mass is 328 g/mol. The first kappa shape index (κ1) is 13.4. The number of imidazole rings is 1. The van der Waals surface area contributed by atoms with E-state index in [1.54, 1.807) is 6.33 Å². The lowest BCUT2D eigenvalue weighted by Gasteiger charge is -2.18. The second kappa shape index (κ2) is 5.73. The molecule has 1 atom stereocenters. The first-order valence-electron chi connectivity index (χ1n) is 5.49. The second-order valence-electron chi connectivity index (χ2n) is 3.99. The third kappa shape index (κ3) is 2.85. The van der Waals surface area contributed by atoms with Crippen LogP contribution in [-0.2, 0) is 7.05 Å². The number of nitrogens with two attached hydrogens (primary N) is 1. The van der Waals surface area contributed by atoms with Crippen LogP contribution in [-0.4, -0.2) is 16.1 Å². The Morgan fingerprint density at radius 3 is 2.89 bits per heavy atom. The number of benzene rings is 1. The van der Waals surface area contributed by atoms with Gasteiger partial charge >= 0.3 is 0 Å². The summed E-state index contributed by atoms with van der Waals surface area (Å²) >= 11 is 9.36. The molecule has 4 nitrogen and oxygen atoms in total. The molecule has 0 aliphatic heterocycles. The number of hydrogen-bond donors (Lipinski definition) is 2. The van der Waals surface area contributed by atoms with Gasteiger partial charge in [0.1, 0.15) is 0 Å². The quantitative estimate of drug-likeness (QED) is 0.907. The molecule has 0 fully saturated rings. The standard InChI is InChI=1S/C12H14BrClN4/c1-18-7-16-6-12(18)11(5-15)17-8-2-3-10(14)9(13)4-8/h2-4,6-7,11,17H,5,15H2,1H3. The van der Waals surface area contributed by atoms with Gasteiger partial charge in [-0.05, 0) is 34.1 Å². The third-order valence-electron chi connectivity index (χ3n) is 2.71. The third-order valence-corrected chi connectivity index (χ3v) is 3.92. The summed E-state index contributed by atoms with van der Waals surface area (Å²) in [7, 11) is 1.95. The van der Waals surface area contributed by atoms with Gasteiger partial charge < -0.3 is 15.6 Å². The maximum absolute atomic E-state index is 5.96. The maximum Gasteiger partial charge on any atom is 0.0946 e. The van der Waals surface area contributed by atoms with Crippen LogP contribution in [0.25, 0.3) is 0 Å². The Labute approximate surface area is 119 Å². The van der Waals surface area contributed by atoms with E-state index in [1.165, 1.54) is 0 Å². The van der Waals surface area contributed by atoms with Crippen molar-refractivity contribution in [3.8, 4) is 0 Å². The first-order chi connectivity index (χ1) is 8.61. The van der Waals surface area contributed by atoms with Crippen molar-refractivity contribution in [1.29, 1.82) is 0 Å². The Balaban J connectivity index is 2.20. The van der Waals surface area contributed by atoms with Crippen molar-refractivity contribution in [3.63, 3.8) is 0 Å². The van der Waals surface area contributed by atoms with E-state index in [0.29, 0.717) is 11.6 Å². The Morgan fingerprint density at radius 2 is 2.33 bits per heavy atom. The van der Waals surface area contributed by atoms with Crippen LogP contribution in [0.5, 0.6) is 0 Å². The van der Waals surface area contributed by atoms with Crippen LogP contribution in [0.2, 0.25) is 5.02 Å². The molecule has 0 saturated heterocycles. The molecule has 1 heterocycles. The van der Waals surface area contributed by atoms with Gasteiger partial charge in [-0.2, -0.15) is 0 Å². The summed E-state index contributed by atoms with van der Waals surface area (Å²) in [6.07, 6.45) is 3.58. The highest BCUT2D eigenvalue weighted by atomic mass is 79.9. The number of nitrogens with zero attached hydrogens (tertiary/aromatic N) is 2. The van der Waals surface area contributed by atoms with Crippen molar-refractivity contribution in [3.05, 3.63) is 45.9 Å². The van der Waals surface area contributed by atoms with Crippen LogP contribution < -0.4 is 11.1 Å². The fourth-order valence-electron chi connectivity index (χ4n) is 1.74. The maximum atomic E-state index is 5.96. The summed E-state index contributed by atoms with van der Waals surface area (Å²) < 4.78 is 2.81. The zero-order valence-electron chi connectivity index (χ0n) is 9.90. The van der Waals surface area contributed by atoms with Gasteiger partial charge in [0.05, 0.1) is 29.3 Å². The summed E-state index contributed by atoms with van der Waals surface area (Å²) in [5, 5.41) is 4.05. The molecule has 1 unspecified atom stereocenters. The Kier molecular flexibility index (Phi) is 4.27. The Bertz CT molecular complexity index is 541. The van der Waals surface area contributed by atoms with E-state index in [9.17, 15) is 0 Å². The molecule has 0 amide bonds. The van der Waals surface area contributed by atoms with Gasteiger partial charge in [0.15, 0.2) is 0 Å². The SMILES string of the molecule is Cn1cncc1C(CN)Nc1ccc(Cl)c(Br)c1. The molecule has 0 radical (unpaired) electrons. The highest BCUT2D eigenvalue weighted by molar-refractivity contribution is 9.10. The molecule has 0 bridgehead atoms. The highest BCUT2D eigenvalue weighted by Gasteiger charge is 2.13. The minimum atomic E-state index is 0.0191. The van der Waals surface area contributed by atoms with Crippen LogP contribution >= 0.6 is 27.5 Å². The fourth-order valence-corrected chi connectivity index (χ4v) is 2.24. The van der Waals surface area contributed by atoms with Crippen molar-refractivity contribution in [2.75, 3.05) is 11.9 Å². The molecule has 2 aromatic rings. The molecular weight excluding hydrogens is 316 g/mol. The van der Waals surface area contributed by atoms with Crippen molar-refractivity contribution < 1.29 is 0 Å². The minimum Gasteiger partial charge on any atom is -0.375 e. The molecule has 2 rings (SSSR count). The molecule has 0 saturated carbocycles. The van der Waals surface area contributed by atoms with Crippen LogP contribution in [0.4, 0.5) is 5.69 Å². The van der Waals surface area contributed by atoms with Gasteiger partial charge in [0, 0.05) is 23.8 Å². The molecule has 96 valence electrons. The lowest BCUT2D eigenvalue weighted by Crippen LogP contribution is -2.22. The number of nitrogens with one attached hydrogen (secondary N) is 1. The van der Waals surface area contributed by atoms with Crippen molar-refractivity contribution >= 4 is 33.2 Å². The van der Waals surface area contributed by atoms with Gasteiger partial charge in [-0.15, -0.1) is 0 Å². The predicted octanol–water partition coefficient (Wildman–Crippen LogP) is 2.95. The van der Waals surface area contributed by atoms with Crippen LogP contribution in [0, 0.1) is 0 Å². The number of rotatable bonds is 4. The summed E-state index contributed by atoms with van der Waals surface area (Å²) in [5.74, 6) is 0. The number of aromatic nitrogens is 2. The van der Waals surface area contributed by atoms with E-state index >= 15 is 0 Å². The normalized spacial score (nSPS) is 12.4. The highest BCUT2D eigenvalue weighted by Crippen LogP contribution is 2.27. The summed E-state index contributed by atoms with van der Waals surface area (Å²) in [6.45, 7) is 0.486. The number of aryl methyl sites for hydroxylation is 1. The molecule has 0 aliphatic rings. The number of anilines is 1. The number of halogens is 2. The topological polar surface area (TPSA) is 55.9 Å². The molecular formula is C12H14BrClN4. The lowest BCUT2D eigenvalue weighted by molar-refractivity contribution is 0.706. The average molecular weight is 330 g/mol. The zero-order valence-corrected chi connectivity index (χ0v) is 12.2. The van der Waals surface area contributed by atoms with Gasteiger partial charge in [0.25, 0.3) is 0 Å². The van der Waals surface area contributed by atoms with E-state index in [4.69, 9.17) is 17.3 Å². The van der Waals surface area contributed by atoms with Gasteiger partial charge in [-0.1, -0.05) is 11.6 Å². The van der Waals surface area contributed by atoms with Crippen LogP contribution in [0.3, 0.4) is 0 Å². The second-order valence-corrected chi connectivity index (χ2v) is 5.25. The van der Waals surface area contributed by atoms with Gasteiger partial charge in [0.2, 0.25) is 0 Å². The molecule has 0 spiro atoms. The molecule has 1 aromatic carbocycles. The van der Waals surface area contributed by atoms with E-state index in [-0.39, 0.29) is 6.04 Å². The van der Waals surface area contributed by atoms with Gasteiger partial charge in [-0.3, -0.25) is 0 Å². The summed E-state index contributed by atoms with van der Waals surface area (Å²) in [4.78, 5) is 4.10. The summed E-state index contributed by atoms with van der Waals surface area (Å²) in [5.41, 5.74) is 7.81. The van der Waals surface area contributed by atoms with Crippen molar-refractivity contribution in [1.82, 2.24) is 9.55 Å². The zero-order chi connectivity index (χ0) is 13.1. The molecule has 6 heteroatoms. The molecule has 3 N–H and O–H groups in total. The van der Waals surface area contributed by atoms with Crippen LogP contribution in [0.15, 0.2) is 35.2 Å². The lowest BCUT2D eigenvalue weighted by atomic mass is 10.2. The largest absolute Gasteiger partial charge is 0.375 e. The Hall–Kier alpha value is -1.04. The van der Waals surface area contributed by atoms with E-state index in [1.807, 2.05) is 36.0 Å². The molecule has 1 aromatic heterocycles. The first-order valence-corrected chi connectivity index (χ1v) is 6.66. The average Bonchev–Trinajstić information content (AvgIpc) is 2.77. The fraction of sp³-hybridized carbons (Fsp3) is 0.250. The molecule has 0 aliphatic carbocycles. The van der Waals surface area contributed by atoms with E-state index in [0.717, 1.165) is 15.9 Å².